The summed E-state index contributed by atoms with van der Waals surface area (Å²) < 4.78 is 0. The van der Waals surface area contributed by atoms with Crippen LogP contribution in [0.4, 0.5) is 0 Å². The maximum Gasteiger partial charge on any atom is 0.347 e. The van der Waals surface area contributed by atoms with Crippen LogP contribution in [-0.2, 0) is 0 Å². The first kappa shape index (κ1) is 12.5. The molecule has 1 unspecified atom stereocenters. The van der Waals surface area contributed by atoms with Gasteiger partial charge in [0, 0.05) is 5.92 Å². The van der Waals surface area contributed by atoms with E-state index in [-0.39, 0.29) is 11.5 Å². The molecule has 5 heteroatoms. The van der Waals surface area contributed by atoms with E-state index in [9.17, 15) is 4.79 Å². The molecule has 0 aromatic carbocycles. The number of thiazole rings is 1. The minimum absolute atomic E-state index is 0.103. The number of carboxylic acid groups (broad SMARTS) is 1. The largest absolute Gasteiger partial charge is 0.477 e. The summed E-state index contributed by atoms with van der Waals surface area (Å²) in [6.45, 7) is 6.11. The number of nitrogens with zero attached hydrogens (tertiary/aromatic N) is 1. The van der Waals surface area contributed by atoms with Gasteiger partial charge in [0.05, 0.1) is 11.7 Å². The summed E-state index contributed by atoms with van der Waals surface area (Å²) in [7, 11) is 0. The second-order valence-corrected chi connectivity index (χ2v) is 6.72. The van der Waals surface area contributed by atoms with Gasteiger partial charge in [0.25, 0.3) is 0 Å². The van der Waals surface area contributed by atoms with Crippen molar-refractivity contribution in [3.8, 4) is 0 Å². The first-order valence-corrected chi connectivity index (χ1v) is 6.62. The van der Waals surface area contributed by atoms with Crippen molar-refractivity contribution in [1.29, 1.82) is 0 Å². The van der Waals surface area contributed by atoms with Crippen LogP contribution in [0.25, 0.3) is 0 Å². The summed E-state index contributed by atoms with van der Waals surface area (Å²) in [6, 6.07) is -0.210. The third-order valence-corrected chi connectivity index (χ3v) is 4.17. The van der Waals surface area contributed by atoms with Crippen molar-refractivity contribution >= 4 is 17.3 Å². The Balaban J connectivity index is 2.36. The minimum atomic E-state index is -0.878. The quantitative estimate of drug-likeness (QED) is 0.869. The van der Waals surface area contributed by atoms with Gasteiger partial charge < -0.3 is 10.8 Å². The van der Waals surface area contributed by atoms with Crippen molar-refractivity contribution in [2.24, 2.45) is 11.1 Å². The van der Waals surface area contributed by atoms with E-state index in [0.29, 0.717) is 10.8 Å². The molecule has 0 spiro atoms. The zero-order valence-corrected chi connectivity index (χ0v) is 11.2. The van der Waals surface area contributed by atoms with Gasteiger partial charge in [-0.1, -0.05) is 20.8 Å². The summed E-state index contributed by atoms with van der Waals surface area (Å²) in [4.78, 5) is 16.0. The number of nitrogens with two attached hydrogens (primary N) is 1. The van der Waals surface area contributed by atoms with Gasteiger partial charge in [-0.3, -0.25) is 0 Å². The average molecular weight is 254 g/mol. The predicted molar refractivity (Wildman–Crippen MR) is 67.4 cm³/mol. The molecular weight excluding hydrogens is 236 g/mol. The van der Waals surface area contributed by atoms with E-state index in [0.717, 1.165) is 23.5 Å². The molecule has 1 fully saturated rings. The number of rotatable bonds is 3. The SMILES string of the molecule is CC(C)(C)C(N)c1nc(C2CC2)c(C(=O)O)s1. The first-order chi connectivity index (χ1) is 7.80. The van der Waals surface area contributed by atoms with Crippen LogP contribution in [0.3, 0.4) is 0 Å². The Morgan fingerprint density at radius 2 is 2.12 bits per heavy atom. The first-order valence-electron chi connectivity index (χ1n) is 5.80. The van der Waals surface area contributed by atoms with Crippen molar-refractivity contribution < 1.29 is 9.90 Å². The Morgan fingerprint density at radius 3 is 2.53 bits per heavy atom. The maximum absolute atomic E-state index is 11.2. The van der Waals surface area contributed by atoms with E-state index in [1.807, 2.05) is 20.8 Å². The third kappa shape index (κ3) is 2.50. The lowest BCUT2D eigenvalue weighted by molar-refractivity contribution is 0.0700. The summed E-state index contributed by atoms with van der Waals surface area (Å²) in [5.74, 6) is -0.532. The summed E-state index contributed by atoms with van der Waals surface area (Å²) in [6.07, 6.45) is 2.10. The molecule has 1 aliphatic rings. The highest BCUT2D eigenvalue weighted by Gasteiger charge is 2.34. The van der Waals surface area contributed by atoms with Gasteiger partial charge in [-0.25, -0.2) is 9.78 Å². The predicted octanol–water partition coefficient (Wildman–Crippen LogP) is 2.76. The Labute approximate surface area is 105 Å². The Bertz CT molecular complexity index is 444. The lowest BCUT2D eigenvalue weighted by Gasteiger charge is -2.24. The number of carboxylic acids is 1. The fourth-order valence-corrected chi connectivity index (χ4v) is 2.88. The van der Waals surface area contributed by atoms with Crippen LogP contribution in [0.5, 0.6) is 0 Å². The molecule has 2 rings (SSSR count). The van der Waals surface area contributed by atoms with E-state index in [1.54, 1.807) is 0 Å². The van der Waals surface area contributed by atoms with Crippen LogP contribution in [0.2, 0.25) is 0 Å². The molecule has 0 bridgehead atoms. The van der Waals surface area contributed by atoms with Crippen LogP contribution in [0.1, 0.15) is 65.9 Å². The average Bonchev–Trinajstić information content (AvgIpc) is 2.94. The molecule has 1 saturated carbocycles. The number of carbonyl (C=O) groups is 1. The van der Waals surface area contributed by atoms with Crippen LogP contribution in [-0.4, -0.2) is 16.1 Å². The molecule has 1 heterocycles. The van der Waals surface area contributed by atoms with Gasteiger partial charge >= 0.3 is 5.97 Å². The van der Waals surface area contributed by atoms with Crippen molar-refractivity contribution in [3.05, 3.63) is 15.6 Å². The van der Waals surface area contributed by atoms with Crippen molar-refractivity contribution in [1.82, 2.24) is 4.98 Å². The molecule has 0 aliphatic heterocycles. The van der Waals surface area contributed by atoms with E-state index in [2.05, 4.69) is 4.98 Å². The van der Waals surface area contributed by atoms with Crippen LogP contribution >= 0.6 is 11.3 Å². The molecule has 3 N–H and O–H groups in total. The van der Waals surface area contributed by atoms with Gasteiger partial charge in [-0.05, 0) is 18.3 Å². The molecule has 1 aliphatic carbocycles. The van der Waals surface area contributed by atoms with Gasteiger partial charge in [-0.2, -0.15) is 0 Å². The van der Waals surface area contributed by atoms with Crippen molar-refractivity contribution in [2.45, 2.75) is 45.6 Å². The summed E-state index contributed by atoms with van der Waals surface area (Å²) >= 11 is 1.24. The van der Waals surface area contributed by atoms with E-state index < -0.39 is 5.97 Å². The second kappa shape index (κ2) is 4.07. The van der Waals surface area contributed by atoms with Gasteiger partial charge in [0.1, 0.15) is 9.88 Å². The van der Waals surface area contributed by atoms with Gasteiger partial charge in [-0.15, -0.1) is 11.3 Å². The topological polar surface area (TPSA) is 76.2 Å². The highest BCUT2D eigenvalue weighted by Crippen LogP contribution is 2.44. The monoisotopic (exact) mass is 254 g/mol. The smallest absolute Gasteiger partial charge is 0.347 e. The molecule has 0 saturated heterocycles. The molecule has 1 atom stereocenters. The van der Waals surface area contributed by atoms with E-state index in [1.165, 1.54) is 11.3 Å². The molecule has 1 aromatic heterocycles. The number of aromatic carboxylic acids is 1. The zero-order chi connectivity index (χ0) is 12.8. The van der Waals surface area contributed by atoms with Crippen LogP contribution in [0.15, 0.2) is 0 Å². The number of hydrogen-bond acceptors (Lipinski definition) is 4. The standard InChI is InChI=1S/C12H18N2O2S/c1-12(2,3)9(13)10-14-7(6-4-5-6)8(17-10)11(15)16/h6,9H,4-5,13H2,1-3H3,(H,15,16). The molecular formula is C12H18N2O2S. The molecule has 0 radical (unpaired) electrons. The fourth-order valence-electron chi connectivity index (χ4n) is 1.64. The molecule has 1 aromatic rings. The highest BCUT2D eigenvalue weighted by atomic mass is 32.1. The van der Waals surface area contributed by atoms with E-state index in [4.69, 9.17) is 10.8 Å². The molecule has 0 amide bonds. The van der Waals surface area contributed by atoms with E-state index >= 15 is 0 Å². The number of aromatic nitrogens is 1. The second-order valence-electron chi connectivity index (χ2n) is 5.69. The molecule has 4 nitrogen and oxygen atoms in total. The van der Waals surface area contributed by atoms with Crippen molar-refractivity contribution in [3.63, 3.8) is 0 Å². The third-order valence-electron chi connectivity index (χ3n) is 3.03. The Hall–Kier alpha value is -0.940. The van der Waals surface area contributed by atoms with Crippen LogP contribution in [0, 0.1) is 5.41 Å². The molecule has 94 valence electrons. The van der Waals surface area contributed by atoms with Crippen molar-refractivity contribution in [2.75, 3.05) is 0 Å². The molecule has 17 heavy (non-hydrogen) atoms. The lowest BCUT2D eigenvalue weighted by Crippen LogP contribution is -2.26. The Morgan fingerprint density at radius 1 is 1.53 bits per heavy atom. The lowest BCUT2D eigenvalue weighted by atomic mass is 9.88. The Kier molecular flexibility index (Phi) is 2.99. The minimum Gasteiger partial charge on any atom is -0.477 e. The fraction of sp³-hybridized carbons (Fsp3) is 0.667. The maximum atomic E-state index is 11.2. The normalized spacial score (nSPS) is 18.1. The summed E-state index contributed by atoms with van der Waals surface area (Å²) in [5, 5.41) is 9.92. The van der Waals surface area contributed by atoms with Gasteiger partial charge in [0.15, 0.2) is 0 Å². The van der Waals surface area contributed by atoms with Crippen LogP contribution < -0.4 is 5.73 Å². The number of hydrogen-bond donors (Lipinski definition) is 2. The van der Waals surface area contributed by atoms with Gasteiger partial charge in [0.2, 0.25) is 0 Å². The zero-order valence-electron chi connectivity index (χ0n) is 10.4. The highest BCUT2D eigenvalue weighted by molar-refractivity contribution is 7.13. The summed E-state index contributed by atoms with van der Waals surface area (Å²) in [5.41, 5.74) is 6.77.